The monoisotopic (exact) mass is 366 g/mol. The number of hydrogen-bond acceptors (Lipinski definition) is 4. The van der Waals surface area contributed by atoms with E-state index in [9.17, 15) is 0 Å². The Morgan fingerprint density at radius 1 is 1.15 bits per heavy atom. The van der Waals surface area contributed by atoms with Crippen molar-refractivity contribution >= 4 is 34.0 Å². The van der Waals surface area contributed by atoms with Crippen molar-refractivity contribution in [3.63, 3.8) is 0 Å². The summed E-state index contributed by atoms with van der Waals surface area (Å²) in [7, 11) is 0. The van der Waals surface area contributed by atoms with E-state index in [1.807, 2.05) is 26.1 Å². The molecule has 0 saturated carbocycles. The summed E-state index contributed by atoms with van der Waals surface area (Å²) in [5.74, 6) is 0. The smallest absolute Gasteiger partial charge is 0.152 e. The second-order valence-corrected chi connectivity index (χ2v) is 6.55. The van der Waals surface area contributed by atoms with Crippen molar-refractivity contribution in [2.24, 2.45) is 0 Å². The fourth-order valence-electron chi connectivity index (χ4n) is 3.23. The van der Waals surface area contributed by atoms with Crippen molar-refractivity contribution in [1.82, 2.24) is 25.1 Å². The van der Waals surface area contributed by atoms with E-state index in [1.165, 1.54) is 0 Å². The molecule has 4 heterocycles. The second-order valence-electron chi connectivity index (χ2n) is 6.20. The minimum absolute atomic E-state index is 0.463. The van der Waals surface area contributed by atoms with Crippen LogP contribution in [0.15, 0.2) is 36.8 Å². The molecule has 26 heavy (non-hydrogen) atoms. The Morgan fingerprint density at radius 3 is 2.73 bits per heavy atom. The van der Waals surface area contributed by atoms with E-state index in [1.54, 1.807) is 12.4 Å². The minimum Gasteiger partial charge on any atom is -0.346 e. The zero-order valence-corrected chi connectivity index (χ0v) is 15.6. The maximum Gasteiger partial charge on any atom is 0.152 e. The molecule has 6 nitrogen and oxygen atoms in total. The molecular formula is C19H19ClN6. The van der Waals surface area contributed by atoms with E-state index < -0.39 is 0 Å². The van der Waals surface area contributed by atoms with E-state index in [-0.39, 0.29) is 0 Å². The molecule has 4 aromatic heterocycles. The van der Waals surface area contributed by atoms with Gasteiger partial charge in [0.25, 0.3) is 0 Å². The third-order valence-corrected chi connectivity index (χ3v) is 4.85. The fourth-order valence-corrected chi connectivity index (χ4v) is 3.43. The molecule has 0 unspecified atom stereocenters. The van der Waals surface area contributed by atoms with Crippen LogP contribution in [0.4, 0.5) is 11.4 Å². The van der Waals surface area contributed by atoms with Gasteiger partial charge in [-0.05, 0) is 39.0 Å². The first-order chi connectivity index (χ1) is 12.6. The minimum atomic E-state index is 0.463. The van der Waals surface area contributed by atoms with Gasteiger partial charge in [-0.2, -0.15) is 5.10 Å². The molecule has 4 aromatic rings. The zero-order valence-electron chi connectivity index (χ0n) is 14.8. The highest BCUT2D eigenvalue weighted by atomic mass is 35.5. The maximum atomic E-state index is 6.44. The number of aromatic amines is 2. The largest absolute Gasteiger partial charge is 0.346 e. The lowest BCUT2D eigenvalue weighted by atomic mass is 10.0. The van der Waals surface area contributed by atoms with E-state index in [4.69, 9.17) is 11.6 Å². The highest BCUT2D eigenvalue weighted by molar-refractivity contribution is 6.32. The molecule has 0 aliphatic heterocycles. The molecule has 0 radical (unpaired) electrons. The van der Waals surface area contributed by atoms with Gasteiger partial charge in [0.05, 0.1) is 23.3 Å². The van der Waals surface area contributed by atoms with E-state index in [0.29, 0.717) is 5.15 Å². The van der Waals surface area contributed by atoms with Crippen molar-refractivity contribution in [3.05, 3.63) is 53.3 Å². The number of fused-ring (bicyclic) bond motifs is 1. The topological polar surface area (TPSA) is 73.5 Å². The molecule has 0 aromatic carbocycles. The van der Waals surface area contributed by atoms with Gasteiger partial charge >= 0.3 is 0 Å². The molecule has 4 rings (SSSR count). The summed E-state index contributed by atoms with van der Waals surface area (Å²) in [5, 5.41) is 8.63. The highest BCUT2D eigenvalue weighted by Crippen LogP contribution is 2.35. The lowest BCUT2D eigenvalue weighted by Crippen LogP contribution is -2.17. The van der Waals surface area contributed by atoms with E-state index >= 15 is 0 Å². The number of rotatable bonds is 4. The number of halogens is 1. The summed E-state index contributed by atoms with van der Waals surface area (Å²) in [6.07, 6.45) is 5.50. The summed E-state index contributed by atoms with van der Waals surface area (Å²) < 4.78 is 0. The molecule has 0 bridgehead atoms. The van der Waals surface area contributed by atoms with Gasteiger partial charge in [0, 0.05) is 41.1 Å². The summed E-state index contributed by atoms with van der Waals surface area (Å²) in [6.45, 7) is 6.82. The van der Waals surface area contributed by atoms with E-state index in [2.05, 4.69) is 49.1 Å². The molecule has 0 aliphatic rings. The molecule has 0 amide bonds. The zero-order chi connectivity index (χ0) is 18.3. The van der Waals surface area contributed by atoms with Gasteiger partial charge in [0.1, 0.15) is 5.65 Å². The fraction of sp³-hybridized carbons (Fsp3) is 0.211. The van der Waals surface area contributed by atoms with Crippen LogP contribution in [0, 0.1) is 13.8 Å². The predicted octanol–water partition coefficient (Wildman–Crippen LogP) is 4.78. The SMILES string of the molecule is CCN(c1cc(-c2cc3cc[nH]c3nc2C)cnc1Cl)c1cn[nH]c1C. The average Bonchev–Trinajstić information content (AvgIpc) is 3.25. The second kappa shape index (κ2) is 6.46. The summed E-state index contributed by atoms with van der Waals surface area (Å²) >= 11 is 6.44. The Labute approximate surface area is 156 Å². The number of aryl methyl sites for hydroxylation is 2. The van der Waals surface area contributed by atoms with Gasteiger partial charge in [0.2, 0.25) is 0 Å². The lowest BCUT2D eigenvalue weighted by Gasteiger charge is -2.23. The molecular weight excluding hydrogens is 348 g/mol. The lowest BCUT2D eigenvalue weighted by molar-refractivity contribution is 1.00. The van der Waals surface area contributed by atoms with Crippen LogP contribution in [-0.2, 0) is 0 Å². The molecule has 0 aliphatic carbocycles. The van der Waals surface area contributed by atoms with Crippen molar-refractivity contribution in [1.29, 1.82) is 0 Å². The number of anilines is 2. The van der Waals surface area contributed by atoms with Gasteiger partial charge in [-0.3, -0.25) is 5.10 Å². The van der Waals surface area contributed by atoms with Gasteiger partial charge in [-0.25, -0.2) is 9.97 Å². The molecule has 0 spiro atoms. The normalized spacial score (nSPS) is 11.2. The first-order valence-electron chi connectivity index (χ1n) is 8.46. The standard InChI is InChI=1S/C19H19ClN6/c1-4-26(17-10-23-25-12(17)3)16-8-14(9-22-18(16)20)15-7-13-5-6-21-19(13)24-11(15)2/h5-10H,4H2,1-3H3,(H,21,24)(H,23,25). The molecule has 2 N–H and O–H groups in total. The number of nitrogens with zero attached hydrogens (tertiary/aromatic N) is 4. The van der Waals surface area contributed by atoms with Gasteiger partial charge in [0.15, 0.2) is 5.15 Å². The van der Waals surface area contributed by atoms with Gasteiger partial charge < -0.3 is 9.88 Å². The average molecular weight is 367 g/mol. The third kappa shape index (κ3) is 2.72. The summed E-state index contributed by atoms with van der Waals surface area (Å²) in [5.41, 5.74) is 6.68. The van der Waals surface area contributed by atoms with Crippen molar-refractivity contribution in [2.75, 3.05) is 11.4 Å². The molecule has 132 valence electrons. The van der Waals surface area contributed by atoms with Crippen LogP contribution < -0.4 is 4.90 Å². The third-order valence-electron chi connectivity index (χ3n) is 4.56. The summed E-state index contributed by atoms with van der Waals surface area (Å²) in [4.78, 5) is 14.3. The quantitative estimate of drug-likeness (QED) is 0.510. The van der Waals surface area contributed by atoms with Crippen LogP contribution in [0.3, 0.4) is 0 Å². The van der Waals surface area contributed by atoms with Crippen LogP contribution in [0.25, 0.3) is 22.2 Å². The van der Waals surface area contributed by atoms with Crippen molar-refractivity contribution in [3.8, 4) is 11.1 Å². The maximum absolute atomic E-state index is 6.44. The molecule has 0 fully saturated rings. The van der Waals surface area contributed by atoms with Crippen LogP contribution in [-0.4, -0.2) is 31.7 Å². The van der Waals surface area contributed by atoms with Crippen LogP contribution >= 0.6 is 11.6 Å². The van der Waals surface area contributed by atoms with Crippen LogP contribution in [0.5, 0.6) is 0 Å². The Balaban J connectivity index is 1.85. The van der Waals surface area contributed by atoms with Crippen LogP contribution in [0.2, 0.25) is 5.15 Å². The predicted molar refractivity (Wildman–Crippen MR) is 105 cm³/mol. The molecule has 7 heteroatoms. The van der Waals surface area contributed by atoms with Crippen molar-refractivity contribution in [2.45, 2.75) is 20.8 Å². The summed E-state index contributed by atoms with van der Waals surface area (Å²) in [6, 6.07) is 6.21. The highest BCUT2D eigenvalue weighted by Gasteiger charge is 2.17. The molecule has 0 saturated heterocycles. The number of pyridine rings is 2. The number of H-pyrrole nitrogens is 2. The van der Waals surface area contributed by atoms with E-state index in [0.717, 1.165) is 51.5 Å². The Bertz CT molecular complexity index is 1080. The Morgan fingerprint density at radius 2 is 2.00 bits per heavy atom. The molecule has 0 atom stereocenters. The first kappa shape index (κ1) is 16.6. The number of aromatic nitrogens is 5. The Kier molecular flexibility index (Phi) is 4.12. The van der Waals surface area contributed by atoms with Gasteiger partial charge in [-0.1, -0.05) is 11.6 Å². The van der Waals surface area contributed by atoms with Crippen molar-refractivity contribution < 1.29 is 0 Å². The number of hydrogen-bond donors (Lipinski definition) is 2. The number of nitrogens with one attached hydrogen (secondary N) is 2. The van der Waals surface area contributed by atoms with Crippen LogP contribution in [0.1, 0.15) is 18.3 Å². The first-order valence-corrected chi connectivity index (χ1v) is 8.84. The Hall–Kier alpha value is -2.86. The van der Waals surface area contributed by atoms with Gasteiger partial charge in [-0.15, -0.1) is 0 Å².